The van der Waals surface area contributed by atoms with Gasteiger partial charge in [0.25, 0.3) is 5.56 Å². The van der Waals surface area contributed by atoms with Crippen LogP contribution in [0, 0.1) is 0 Å². The first-order chi connectivity index (χ1) is 9.52. The number of aliphatic hydroxyl groups excluding tert-OH is 3. The number of nitrogens with one attached hydrogen (secondary N) is 1. The molecule has 108 valence electrons. The predicted octanol–water partition coefficient (Wildman–Crippen LogP) is -2.37. The first-order valence-electron chi connectivity index (χ1n) is 6.09. The molecule has 0 aromatic carbocycles. The van der Waals surface area contributed by atoms with Crippen molar-refractivity contribution in [1.29, 1.82) is 0 Å². The molecule has 0 aliphatic carbocycles. The monoisotopic (exact) mass is 282 g/mol. The summed E-state index contributed by atoms with van der Waals surface area (Å²) in [7, 11) is 0. The Balaban J connectivity index is 1.96. The molecular weight excluding hydrogens is 268 g/mol. The third-order valence-corrected chi connectivity index (χ3v) is 3.55. The fourth-order valence-corrected chi connectivity index (χ4v) is 2.55. The normalized spacial score (nSPS) is 35.5. The van der Waals surface area contributed by atoms with E-state index in [4.69, 9.17) is 15.6 Å². The second-order valence-electron chi connectivity index (χ2n) is 4.79. The van der Waals surface area contributed by atoms with Crippen molar-refractivity contribution >= 4 is 17.9 Å². The van der Waals surface area contributed by atoms with Crippen LogP contribution in [0.15, 0.2) is 9.79 Å². The minimum Gasteiger partial charge on any atom is -0.394 e. The van der Waals surface area contributed by atoms with Crippen LogP contribution in [0.4, 0.5) is 11.6 Å². The van der Waals surface area contributed by atoms with Gasteiger partial charge in [-0.2, -0.15) is 0 Å². The van der Waals surface area contributed by atoms with Crippen LogP contribution in [0.5, 0.6) is 0 Å². The van der Waals surface area contributed by atoms with Gasteiger partial charge >= 0.3 is 0 Å². The molecule has 6 N–H and O–H groups in total. The van der Waals surface area contributed by atoms with Gasteiger partial charge in [0.2, 0.25) is 5.95 Å². The summed E-state index contributed by atoms with van der Waals surface area (Å²) in [5.41, 5.74) is 5.42. The summed E-state index contributed by atoms with van der Waals surface area (Å²) in [6.45, 7) is -0.420. The summed E-state index contributed by atoms with van der Waals surface area (Å²) >= 11 is 0. The molecule has 1 aromatic heterocycles. The number of nitrogens with two attached hydrogens (primary N) is 1. The quantitative estimate of drug-likeness (QED) is 0.406. The molecule has 0 spiro atoms. The molecule has 2 unspecified atom stereocenters. The van der Waals surface area contributed by atoms with E-state index in [0.29, 0.717) is 5.69 Å². The van der Waals surface area contributed by atoms with Gasteiger partial charge in [-0.05, 0) is 0 Å². The minimum atomic E-state index is -1.21. The highest BCUT2D eigenvalue weighted by molar-refractivity contribution is 5.80. The Hall–Kier alpha value is -1.81. The van der Waals surface area contributed by atoms with E-state index in [9.17, 15) is 15.0 Å². The fourth-order valence-electron chi connectivity index (χ4n) is 2.55. The SMILES string of the molecule is Nc1nc2c(c(=O)[nH]1)N=CC2[C@@H]1O[C@H](CO)[C@H](O)C1O. The van der Waals surface area contributed by atoms with Gasteiger partial charge in [0, 0.05) is 6.21 Å². The van der Waals surface area contributed by atoms with Gasteiger partial charge in [-0.15, -0.1) is 0 Å². The number of aromatic nitrogens is 2. The van der Waals surface area contributed by atoms with Crippen LogP contribution >= 0.6 is 0 Å². The topological polar surface area (TPSA) is 154 Å². The number of hydrogen-bond acceptors (Lipinski definition) is 8. The lowest BCUT2D eigenvalue weighted by Crippen LogP contribution is -2.36. The molecule has 0 bridgehead atoms. The van der Waals surface area contributed by atoms with E-state index in [1.807, 2.05) is 0 Å². The molecule has 0 amide bonds. The Morgan fingerprint density at radius 2 is 2.15 bits per heavy atom. The van der Waals surface area contributed by atoms with Crippen LogP contribution in [-0.2, 0) is 4.74 Å². The summed E-state index contributed by atoms with van der Waals surface area (Å²) in [6, 6.07) is 0. The van der Waals surface area contributed by atoms with E-state index in [1.165, 1.54) is 6.21 Å². The molecule has 0 saturated carbocycles. The van der Waals surface area contributed by atoms with E-state index in [1.54, 1.807) is 0 Å². The lowest BCUT2D eigenvalue weighted by Gasteiger charge is -2.19. The van der Waals surface area contributed by atoms with Crippen LogP contribution in [0.1, 0.15) is 11.6 Å². The fraction of sp³-hybridized carbons (Fsp3) is 0.545. The van der Waals surface area contributed by atoms with E-state index >= 15 is 0 Å². The van der Waals surface area contributed by atoms with Gasteiger partial charge in [0.15, 0.2) is 5.69 Å². The molecule has 3 heterocycles. The third-order valence-electron chi connectivity index (χ3n) is 3.55. The van der Waals surface area contributed by atoms with Crippen molar-refractivity contribution < 1.29 is 20.1 Å². The number of aliphatic hydroxyl groups is 3. The molecule has 1 fully saturated rings. The Bertz CT molecular complexity index is 615. The van der Waals surface area contributed by atoms with Gasteiger partial charge in [-0.3, -0.25) is 14.8 Å². The zero-order valence-electron chi connectivity index (χ0n) is 10.3. The van der Waals surface area contributed by atoms with E-state index in [2.05, 4.69) is 15.0 Å². The smallest absolute Gasteiger partial charge is 0.278 e. The number of aromatic amines is 1. The minimum absolute atomic E-state index is 0.0593. The number of aliphatic imine (C=N–C) groups is 1. The molecule has 1 aromatic rings. The van der Waals surface area contributed by atoms with Crippen molar-refractivity contribution in [3.05, 3.63) is 16.0 Å². The molecular formula is C11H14N4O5. The summed E-state index contributed by atoms with van der Waals surface area (Å²) in [5.74, 6) is -0.660. The van der Waals surface area contributed by atoms with Crippen molar-refractivity contribution in [3.63, 3.8) is 0 Å². The number of nitrogen functional groups attached to an aromatic ring is 1. The highest BCUT2D eigenvalue weighted by atomic mass is 16.6. The highest BCUT2D eigenvalue weighted by Gasteiger charge is 2.48. The molecule has 9 heteroatoms. The van der Waals surface area contributed by atoms with Crippen LogP contribution < -0.4 is 11.3 Å². The number of anilines is 1. The number of rotatable bonds is 2. The lowest BCUT2D eigenvalue weighted by atomic mass is 9.95. The first-order valence-corrected chi connectivity index (χ1v) is 6.09. The predicted molar refractivity (Wildman–Crippen MR) is 67.9 cm³/mol. The molecule has 2 aliphatic rings. The van der Waals surface area contributed by atoms with Gasteiger partial charge in [-0.1, -0.05) is 0 Å². The molecule has 2 aliphatic heterocycles. The van der Waals surface area contributed by atoms with Crippen molar-refractivity contribution in [1.82, 2.24) is 9.97 Å². The Kier molecular flexibility index (Phi) is 3.05. The van der Waals surface area contributed by atoms with E-state index in [0.717, 1.165) is 0 Å². The standard InChI is InChI=1S/C11H14N4O5/c12-11-14-5-3(1-13-6(5)10(19)15-11)9-8(18)7(17)4(2-16)20-9/h1,3-4,7-9,16-18H,2H2,(H3,12,14,15,19)/t3?,4-,7+,8?,9+/m1/s1. The number of fused-ring (bicyclic) bond motifs is 1. The zero-order valence-corrected chi connectivity index (χ0v) is 10.3. The summed E-state index contributed by atoms with van der Waals surface area (Å²) in [6.07, 6.45) is -2.72. The molecule has 9 nitrogen and oxygen atoms in total. The molecule has 5 atom stereocenters. The van der Waals surface area contributed by atoms with E-state index < -0.39 is 42.5 Å². The van der Waals surface area contributed by atoms with Crippen LogP contribution in [0.3, 0.4) is 0 Å². The van der Waals surface area contributed by atoms with Gasteiger partial charge in [-0.25, -0.2) is 4.98 Å². The van der Waals surface area contributed by atoms with Crippen LogP contribution in [0.25, 0.3) is 0 Å². The van der Waals surface area contributed by atoms with Crippen molar-refractivity contribution in [2.75, 3.05) is 12.3 Å². The van der Waals surface area contributed by atoms with E-state index in [-0.39, 0.29) is 11.6 Å². The molecule has 0 radical (unpaired) electrons. The van der Waals surface area contributed by atoms with Gasteiger partial charge in [0.05, 0.1) is 18.2 Å². The first kappa shape index (κ1) is 13.2. The zero-order chi connectivity index (χ0) is 14.4. The maximum absolute atomic E-state index is 11.7. The largest absolute Gasteiger partial charge is 0.394 e. The maximum Gasteiger partial charge on any atom is 0.278 e. The van der Waals surface area contributed by atoms with Gasteiger partial charge in [0.1, 0.15) is 24.4 Å². The van der Waals surface area contributed by atoms with Crippen molar-refractivity contribution in [3.8, 4) is 0 Å². The summed E-state index contributed by atoms with van der Waals surface area (Å²) in [5, 5.41) is 28.8. The number of ether oxygens (including phenoxy) is 1. The Morgan fingerprint density at radius 3 is 2.80 bits per heavy atom. The lowest BCUT2D eigenvalue weighted by molar-refractivity contribution is -0.0237. The molecule has 20 heavy (non-hydrogen) atoms. The summed E-state index contributed by atoms with van der Waals surface area (Å²) in [4.78, 5) is 22.0. The maximum atomic E-state index is 11.7. The number of nitrogens with zero attached hydrogens (tertiary/aromatic N) is 2. The van der Waals surface area contributed by atoms with Gasteiger partial charge < -0.3 is 25.8 Å². The average molecular weight is 282 g/mol. The Labute approximate surface area is 112 Å². The molecule has 3 rings (SSSR count). The Morgan fingerprint density at radius 1 is 1.40 bits per heavy atom. The second-order valence-corrected chi connectivity index (χ2v) is 4.79. The van der Waals surface area contributed by atoms with Crippen molar-refractivity contribution in [2.45, 2.75) is 30.3 Å². The number of hydrogen-bond donors (Lipinski definition) is 5. The van der Waals surface area contributed by atoms with Crippen LogP contribution in [0.2, 0.25) is 0 Å². The molecule has 1 saturated heterocycles. The summed E-state index contributed by atoms with van der Waals surface area (Å²) < 4.78 is 5.42. The third kappa shape index (κ3) is 1.83. The number of H-pyrrole nitrogens is 1. The highest BCUT2D eigenvalue weighted by Crippen LogP contribution is 2.36. The van der Waals surface area contributed by atoms with Crippen LogP contribution in [-0.4, -0.2) is 62.5 Å². The average Bonchev–Trinajstić information content (AvgIpc) is 2.93. The second kappa shape index (κ2) is 4.63. The van der Waals surface area contributed by atoms with Crippen molar-refractivity contribution in [2.24, 2.45) is 4.99 Å².